The van der Waals surface area contributed by atoms with Crippen molar-refractivity contribution in [3.05, 3.63) is 65.7 Å². The number of amides is 1. The molecule has 1 saturated carbocycles. The first kappa shape index (κ1) is 19.2. The van der Waals surface area contributed by atoms with E-state index in [-0.39, 0.29) is 5.91 Å². The summed E-state index contributed by atoms with van der Waals surface area (Å²) in [5.74, 6) is 0.532. The number of ether oxygens (including phenoxy) is 1. The lowest BCUT2D eigenvalue weighted by Gasteiger charge is -2.26. The van der Waals surface area contributed by atoms with Crippen LogP contribution in [0.3, 0.4) is 0 Å². The average molecular weight is 390 g/mol. The fraction of sp³-hybridized carbons (Fsp3) is 0.348. The minimum Gasteiger partial charge on any atom is -0.424 e. The van der Waals surface area contributed by atoms with Gasteiger partial charge in [0, 0.05) is 35.5 Å². The van der Waals surface area contributed by atoms with Crippen molar-refractivity contribution in [2.75, 3.05) is 5.32 Å². The Morgan fingerprint density at radius 2 is 1.76 bits per heavy atom. The molecule has 6 heteroatoms. The van der Waals surface area contributed by atoms with Crippen LogP contribution in [-0.4, -0.2) is 20.4 Å². The largest absolute Gasteiger partial charge is 0.424 e. The van der Waals surface area contributed by atoms with Crippen LogP contribution in [0, 0.1) is 13.8 Å². The van der Waals surface area contributed by atoms with E-state index in [0.717, 1.165) is 22.6 Å². The highest BCUT2D eigenvalue weighted by Gasteiger charge is 2.22. The molecule has 1 fully saturated rings. The Hall–Kier alpha value is -3.15. The van der Waals surface area contributed by atoms with E-state index < -0.39 is 0 Å². The van der Waals surface area contributed by atoms with E-state index in [9.17, 15) is 4.79 Å². The van der Waals surface area contributed by atoms with E-state index in [1.807, 2.05) is 25.1 Å². The van der Waals surface area contributed by atoms with Crippen molar-refractivity contribution >= 4 is 11.6 Å². The predicted octanol–water partition coefficient (Wildman–Crippen LogP) is 5.44. The fourth-order valence-corrected chi connectivity index (χ4v) is 4.16. The van der Waals surface area contributed by atoms with Crippen molar-refractivity contribution in [3.63, 3.8) is 0 Å². The Morgan fingerprint density at radius 3 is 2.45 bits per heavy atom. The van der Waals surface area contributed by atoms with Gasteiger partial charge in [0.05, 0.1) is 5.56 Å². The van der Waals surface area contributed by atoms with E-state index in [2.05, 4.69) is 26.8 Å². The summed E-state index contributed by atoms with van der Waals surface area (Å²) in [6.45, 7) is 4.14. The third kappa shape index (κ3) is 4.31. The molecule has 0 spiro atoms. The molecule has 2 heterocycles. The second-order valence-corrected chi connectivity index (χ2v) is 7.56. The van der Waals surface area contributed by atoms with Gasteiger partial charge in [-0.25, -0.2) is 9.97 Å². The predicted molar refractivity (Wildman–Crippen MR) is 113 cm³/mol. The van der Waals surface area contributed by atoms with Gasteiger partial charge in [-0.2, -0.15) is 0 Å². The van der Waals surface area contributed by atoms with Crippen LogP contribution in [0.4, 0.5) is 5.69 Å². The lowest BCUT2D eigenvalue weighted by Crippen LogP contribution is -2.17. The molecular weight excluding hydrogens is 364 g/mol. The molecule has 0 aliphatic heterocycles. The third-order valence-corrected chi connectivity index (χ3v) is 5.53. The van der Waals surface area contributed by atoms with Crippen molar-refractivity contribution in [2.24, 2.45) is 0 Å². The minimum absolute atomic E-state index is 0.0831. The molecule has 1 aliphatic carbocycles. The number of hydrogen-bond acceptors (Lipinski definition) is 4. The van der Waals surface area contributed by atoms with Crippen molar-refractivity contribution in [3.8, 4) is 11.8 Å². The van der Waals surface area contributed by atoms with Crippen LogP contribution < -0.4 is 10.1 Å². The Morgan fingerprint density at radius 1 is 1.07 bits per heavy atom. The van der Waals surface area contributed by atoms with E-state index in [1.54, 1.807) is 30.6 Å². The number of carbonyl (C=O) groups is 1. The molecule has 1 aromatic carbocycles. The molecule has 0 bridgehead atoms. The number of aromatic nitrogens is 3. The third-order valence-electron chi connectivity index (χ3n) is 5.53. The summed E-state index contributed by atoms with van der Waals surface area (Å²) in [7, 11) is 0. The Labute approximate surface area is 171 Å². The maximum atomic E-state index is 12.9. The molecule has 0 atom stereocenters. The Balaban J connectivity index is 1.45. The number of anilines is 1. The number of aryl methyl sites for hydroxylation is 1. The van der Waals surface area contributed by atoms with Crippen molar-refractivity contribution in [1.29, 1.82) is 0 Å². The quantitative estimate of drug-likeness (QED) is 0.629. The first-order chi connectivity index (χ1) is 14.1. The van der Waals surface area contributed by atoms with Gasteiger partial charge in [0.15, 0.2) is 0 Å². The van der Waals surface area contributed by atoms with Crippen LogP contribution in [0.2, 0.25) is 0 Å². The number of nitrogens with one attached hydrogen (secondary N) is 1. The van der Waals surface area contributed by atoms with Gasteiger partial charge < -0.3 is 14.6 Å². The topological polar surface area (TPSA) is 69.0 Å². The molecular formula is C23H26N4O2. The number of nitrogens with zero attached hydrogens (tertiary/aromatic N) is 3. The zero-order valence-corrected chi connectivity index (χ0v) is 16.9. The van der Waals surface area contributed by atoms with Gasteiger partial charge in [-0.3, -0.25) is 4.79 Å². The van der Waals surface area contributed by atoms with Crippen LogP contribution in [0.15, 0.2) is 48.8 Å². The molecule has 1 aliphatic rings. The van der Waals surface area contributed by atoms with E-state index in [1.165, 1.54) is 32.1 Å². The molecule has 29 heavy (non-hydrogen) atoms. The highest BCUT2D eigenvalue weighted by Crippen LogP contribution is 2.32. The number of hydrogen-bond donors (Lipinski definition) is 1. The molecule has 0 unspecified atom stereocenters. The van der Waals surface area contributed by atoms with Crippen molar-refractivity contribution in [2.45, 2.75) is 52.0 Å². The van der Waals surface area contributed by atoms with Gasteiger partial charge in [-0.1, -0.05) is 19.3 Å². The highest BCUT2D eigenvalue weighted by atomic mass is 16.5. The maximum absolute atomic E-state index is 12.9. The van der Waals surface area contributed by atoms with Crippen LogP contribution in [-0.2, 0) is 0 Å². The summed E-state index contributed by atoms with van der Waals surface area (Å²) < 4.78 is 7.94. The van der Waals surface area contributed by atoms with Crippen LogP contribution in [0.25, 0.3) is 0 Å². The van der Waals surface area contributed by atoms with Gasteiger partial charge in [-0.15, -0.1) is 0 Å². The molecule has 4 rings (SSSR count). The number of rotatable bonds is 5. The van der Waals surface area contributed by atoms with E-state index in [4.69, 9.17) is 4.74 Å². The lowest BCUT2D eigenvalue weighted by molar-refractivity contribution is 0.102. The van der Waals surface area contributed by atoms with Crippen LogP contribution >= 0.6 is 0 Å². The molecule has 1 N–H and O–H groups in total. The SMILES string of the molecule is Cc1cc(C(=O)Nc2ccc(Oc3ncccn3)cc2)c(C)n1C1CCCCC1. The van der Waals surface area contributed by atoms with Crippen LogP contribution in [0.5, 0.6) is 11.8 Å². The smallest absolute Gasteiger partial charge is 0.321 e. The summed E-state index contributed by atoms with van der Waals surface area (Å²) in [5, 5.41) is 2.99. The lowest BCUT2D eigenvalue weighted by atomic mass is 9.95. The van der Waals surface area contributed by atoms with Crippen molar-refractivity contribution in [1.82, 2.24) is 14.5 Å². The highest BCUT2D eigenvalue weighted by molar-refractivity contribution is 6.05. The molecule has 2 aromatic heterocycles. The number of carbonyl (C=O) groups excluding carboxylic acids is 1. The zero-order valence-electron chi connectivity index (χ0n) is 16.9. The normalized spacial score (nSPS) is 14.6. The fourth-order valence-electron chi connectivity index (χ4n) is 4.16. The molecule has 150 valence electrons. The molecule has 3 aromatic rings. The van der Waals surface area contributed by atoms with Gasteiger partial charge in [0.25, 0.3) is 5.91 Å². The summed E-state index contributed by atoms with van der Waals surface area (Å²) in [4.78, 5) is 21.0. The number of benzene rings is 1. The van der Waals surface area contributed by atoms with E-state index in [0.29, 0.717) is 17.8 Å². The van der Waals surface area contributed by atoms with Gasteiger partial charge in [-0.05, 0) is 63.1 Å². The van der Waals surface area contributed by atoms with Gasteiger partial charge in [0.1, 0.15) is 5.75 Å². The first-order valence-electron chi connectivity index (χ1n) is 10.2. The second-order valence-electron chi connectivity index (χ2n) is 7.56. The Kier molecular flexibility index (Phi) is 5.60. The van der Waals surface area contributed by atoms with Gasteiger partial charge >= 0.3 is 6.01 Å². The summed E-state index contributed by atoms with van der Waals surface area (Å²) >= 11 is 0. The summed E-state index contributed by atoms with van der Waals surface area (Å²) in [6.07, 6.45) is 9.51. The van der Waals surface area contributed by atoms with Gasteiger partial charge in [0.2, 0.25) is 0 Å². The second kappa shape index (κ2) is 8.47. The Bertz CT molecular complexity index is 974. The molecule has 0 saturated heterocycles. The first-order valence-corrected chi connectivity index (χ1v) is 10.2. The monoisotopic (exact) mass is 390 g/mol. The van der Waals surface area contributed by atoms with Crippen LogP contribution in [0.1, 0.15) is 59.9 Å². The standard InChI is InChI=1S/C23H26N4O2/c1-16-15-21(17(2)27(16)19-7-4-3-5-8-19)22(28)26-18-9-11-20(12-10-18)29-23-24-13-6-14-25-23/h6,9-15,19H,3-5,7-8H2,1-2H3,(H,26,28). The summed E-state index contributed by atoms with van der Waals surface area (Å²) in [6, 6.07) is 11.8. The molecule has 0 radical (unpaired) electrons. The van der Waals surface area contributed by atoms with Crippen molar-refractivity contribution < 1.29 is 9.53 Å². The maximum Gasteiger partial charge on any atom is 0.321 e. The molecule has 1 amide bonds. The molecule has 6 nitrogen and oxygen atoms in total. The van der Waals surface area contributed by atoms with E-state index >= 15 is 0 Å². The zero-order chi connectivity index (χ0) is 20.2. The minimum atomic E-state index is -0.0831. The summed E-state index contributed by atoms with van der Waals surface area (Å²) in [5.41, 5.74) is 3.67. The average Bonchev–Trinajstić information content (AvgIpc) is 3.05.